The molecule has 1 N–H and O–H groups in total. The summed E-state index contributed by atoms with van der Waals surface area (Å²) in [6.45, 7) is 0. The molecule has 2 heterocycles. The molecule has 0 fully saturated rings. The molecular formula is C10H6ClN2O2S-. The number of carboxylic acids is 1. The van der Waals surface area contributed by atoms with Crippen molar-refractivity contribution in [3.05, 3.63) is 34.3 Å². The molecule has 0 unspecified atom stereocenters. The number of hydrogen-bond acceptors (Lipinski definition) is 4. The van der Waals surface area contributed by atoms with Gasteiger partial charge in [-0.25, -0.2) is 0 Å². The minimum atomic E-state index is -1.24. The molecule has 0 bridgehead atoms. The fourth-order valence-electron chi connectivity index (χ4n) is 1.23. The third-order valence-corrected chi connectivity index (χ3v) is 3.14. The first-order valence-electron chi connectivity index (χ1n) is 4.35. The molecule has 0 amide bonds. The molecule has 0 aromatic carbocycles. The normalized spacial score (nSPS) is 11.1. The second-order valence-corrected chi connectivity index (χ2v) is 4.67. The molecule has 6 heteroatoms. The van der Waals surface area contributed by atoms with Crippen LogP contribution >= 0.6 is 22.9 Å². The number of carbonyl (C=O) groups excluding carboxylic acids is 1. The van der Waals surface area contributed by atoms with Gasteiger partial charge in [-0.3, -0.25) is 5.10 Å². The molecule has 82 valence electrons. The molecule has 0 radical (unpaired) electrons. The first-order valence-corrected chi connectivity index (χ1v) is 5.54. The maximum atomic E-state index is 10.3. The SMILES string of the molecule is O=C([O-])/C=C/c1cn[nH]c1-c1ccc(Cl)s1. The van der Waals surface area contributed by atoms with E-state index in [1.165, 1.54) is 17.4 Å². The van der Waals surface area contributed by atoms with Crippen molar-refractivity contribution < 1.29 is 9.90 Å². The lowest BCUT2D eigenvalue weighted by atomic mass is 10.2. The van der Waals surface area contributed by atoms with Gasteiger partial charge in [-0.1, -0.05) is 11.6 Å². The van der Waals surface area contributed by atoms with Gasteiger partial charge in [0, 0.05) is 5.56 Å². The van der Waals surface area contributed by atoms with Crippen molar-refractivity contribution in [1.29, 1.82) is 0 Å². The number of nitrogens with one attached hydrogen (secondary N) is 1. The van der Waals surface area contributed by atoms with Crippen molar-refractivity contribution in [2.24, 2.45) is 0 Å². The molecule has 2 rings (SSSR count). The Bertz CT molecular complexity index is 545. The summed E-state index contributed by atoms with van der Waals surface area (Å²) in [5, 5.41) is 17.0. The number of nitrogens with zero attached hydrogens (tertiary/aromatic N) is 1. The Kier molecular flexibility index (Phi) is 3.07. The van der Waals surface area contributed by atoms with E-state index in [1.54, 1.807) is 12.3 Å². The monoisotopic (exact) mass is 253 g/mol. The summed E-state index contributed by atoms with van der Waals surface area (Å²) >= 11 is 7.21. The maximum absolute atomic E-state index is 10.3. The zero-order valence-corrected chi connectivity index (χ0v) is 9.51. The van der Waals surface area contributed by atoms with Crippen LogP contribution in [0.25, 0.3) is 16.6 Å². The number of aromatic amines is 1. The summed E-state index contributed by atoms with van der Waals surface area (Å²) in [4.78, 5) is 11.2. The van der Waals surface area contributed by atoms with E-state index in [2.05, 4.69) is 10.2 Å². The zero-order chi connectivity index (χ0) is 11.5. The molecule has 4 nitrogen and oxygen atoms in total. The average Bonchev–Trinajstić information content (AvgIpc) is 2.82. The van der Waals surface area contributed by atoms with Crippen molar-refractivity contribution >= 4 is 35.0 Å². The van der Waals surface area contributed by atoms with E-state index >= 15 is 0 Å². The van der Waals surface area contributed by atoms with Gasteiger partial charge in [-0.15, -0.1) is 11.3 Å². The molecule has 0 atom stereocenters. The molecule has 0 spiro atoms. The molecule has 0 aliphatic heterocycles. The fraction of sp³-hybridized carbons (Fsp3) is 0. The zero-order valence-electron chi connectivity index (χ0n) is 7.94. The van der Waals surface area contributed by atoms with Crippen LogP contribution in [0.4, 0.5) is 0 Å². The Morgan fingerprint density at radius 3 is 3.00 bits per heavy atom. The lowest BCUT2D eigenvalue weighted by Gasteiger charge is -1.95. The summed E-state index contributed by atoms with van der Waals surface area (Å²) in [5.41, 5.74) is 1.43. The highest BCUT2D eigenvalue weighted by atomic mass is 35.5. The van der Waals surface area contributed by atoms with Crippen LogP contribution < -0.4 is 5.11 Å². The van der Waals surface area contributed by atoms with E-state index in [9.17, 15) is 9.90 Å². The quantitative estimate of drug-likeness (QED) is 0.844. The Morgan fingerprint density at radius 2 is 2.38 bits per heavy atom. The van der Waals surface area contributed by atoms with Crippen LogP contribution in [-0.2, 0) is 4.79 Å². The maximum Gasteiger partial charge on any atom is 0.0935 e. The van der Waals surface area contributed by atoms with Gasteiger partial charge < -0.3 is 9.90 Å². The van der Waals surface area contributed by atoms with Gasteiger partial charge >= 0.3 is 0 Å². The fourth-order valence-corrected chi connectivity index (χ4v) is 2.29. The molecule has 2 aromatic heterocycles. The van der Waals surface area contributed by atoms with Crippen LogP contribution in [0.5, 0.6) is 0 Å². The van der Waals surface area contributed by atoms with E-state index < -0.39 is 5.97 Å². The topological polar surface area (TPSA) is 68.8 Å². The molecule has 0 aliphatic carbocycles. The van der Waals surface area contributed by atoms with Gasteiger partial charge in [0.1, 0.15) is 0 Å². The molecule has 0 saturated carbocycles. The number of aromatic nitrogens is 2. The molecular weight excluding hydrogens is 248 g/mol. The van der Waals surface area contributed by atoms with E-state index in [-0.39, 0.29) is 0 Å². The smallest absolute Gasteiger partial charge is 0.0935 e. The van der Waals surface area contributed by atoms with E-state index in [1.807, 2.05) is 6.07 Å². The molecule has 16 heavy (non-hydrogen) atoms. The molecule has 0 saturated heterocycles. The number of halogens is 1. The number of H-pyrrole nitrogens is 1. The summed E-state index contributed by atoms with van der Waals surface area (Å²) in [7, 11) is 0. The van der Waals surface area contributed by atoms with Gasteiger partial charge in [-0.05, 0) is 24.3 Å². The average molecular weight is 254 g/mol. The number of hydrogen-bond donors (Lipinski definition) is 1. The van der Waals surface area contributed by atoms with Crippen LogP contribution in [0.2, 0.25) is 4.34 Å². The first-order chi connectivity index (χ1) is 7.66. The number of aliphatic carboxylic acids is 1. The van der Waals surface area contributed by atoms with Crippen LogP contribution in [0.3, 0.4) is 0 Å². The second kappa shape index (κ2) is 4.51. The standard InChI is InChI=1S/C10H7ClN2O2S/c11-8-3-2-7(16-8)10-6(5-12-13-10)1-4-9(14)15/h1-5H,(H,12,13)(H,14,15)/p-1/b4-1+. The highest BCUT2D eigenvalue weighted by molar-refractivity contribution is 7.19. The lowest BCUT2D eigenvalue weighted by Crippen LogP contribution is -2.18. The first kappa shape index (κ1) is 10.9. The van der Waals surface area contributed by atoms with Gasteiger partial charge in [-0.2, -0.15) is 5.10 Å². The highest BCUT2D eigenvalue weighted by Gasteiger charge is 2.07. The predicted molar refractivity (Wildman–Crippen MR) is 61.0 cm³/mol. The predicted octanol–water partition coefficient (Wildman–Crippen LogP) is 1.55. The van der Waals surface area contributed by atoms with E-state index in [4.69, 9.17) is 11.6 Å². The summed E-state index contributed by atoms with van der Waals surface area (Å²) < 4.78 is 0.666. The summed E-state index contributed by atoms with van der Waals surface area (Å²) in [5.74, 6) is -1.24. The van der Waals surface area contributed by atoms with Gasteiger partial charge in [0.2, 0.25) is 0 Å². The van der Waals surface area contributed by atoms with Crippen molar-refractivity contribution in [2.45, 2.75) is 0 Å². The largest absolute Gasteiger partial charge is 0.545 e. The molecule has 2 aromatic rings. The Balaban J connectivity index is 2.36. The minimum Gasteiger partial charge on any atom is -0.545 e. The van der Waals surface area contributed by atoms with Gasteiger partial charge in [0.15, 0.2) is 0 Å². The lowest BCUT2D eigenvalue weighted by molar-refractivity contribution is -0.297. The molecule has 0 aliphatic rings. The van der Waals surface area contributed by atoms with Crippen LogP contribution in [-0.4, -0.2) is 16.2 Å². The second-order valence-electron chi connectivity index (χ2n) is 2.96. The van der Waals surface area contributed by atoms with Gasteiger partial charge in [0.05, 0.1) is 27.1 Å². The summed E-state index contributed by atoms with van der Waals surface area (Å²) in [6, 6.07) is 3.62. The number of carboxylic acid groups (broad SMARTS) is 1. The van der Waals surface area contributed by atoms with Crippen LogP contribution in [0.1, 0.15) is 5.56 Å². The third-order valence-electron chi connectivity index (χ3n) is 1.89. The van der Waals surface area contributed by atoms with E-state index in [0.29, 0.717) is 9.90 Å². The number of rotatable bonds is 3. The number of thiophene rings is 1. The Labute approximate surface area is 100 Å². The van der Waals surface area contributed by atoms with Gasteiger partial charge in [0.25, 0.3) is 0 Å². The van der Waals surface area contributed by atoms with Crippen molar-refractivity contribution in [2.75, 3.05) is 0 Å². The third kappa shape index (κ3) is 2.32. The van der Waals surface area contributed by atoms with Crippen molar-refractivity contribution in [1.82, 2.24) is 10.2 Å². The summed E-state index contributed by atoms with van der Waals surface area (Å²) in [6.07, 6.45) is 3.94. The Hall–Kier alpha value is -1.59. The highest BCUT2D eigenvalue weighted by Crippen LogP contribution is 2.31. The minimum absolute atomic E-state index is 0.666. The van der Waals surface area contributed by atoms with Crippen LogP contribution in [0, 0.1) is 0 Å². The Morgan fingerprint density at radius 1 is 1.56 bits per heavy atom. The van der Waals surface area contributed by atoms with Crippen molar-refractivity contribution in [3.8, 4) is 10.6 Å². The number of carbonyl (C=O) groups is 1. The van der Waals surface area contributed by atoms with E-state index in [0.717, 1.165) is 16.6 Å². The van der Waals surface area contributed by atoms with Crippen LogP contribution in [0.15, 0.2) is 24.4 Å². The van der Waals surface area contributed by atoms with Crippen molar-refractivity contribution in [3.63, 3.8) is 0 Å².